The molecule has 21 heavy (non-hydrogen) atoms. The smallest absolute Gasteiger partial charge is 0.285 e. The molecule has 0 unspecified atom stereocenters. The minimum atomic E-state index is -1.40. The molecule has 0 fully saturated rings. The second-order valence-corrected chi connectivity index (χ2v) is 4.06. The monoisotopic (exact) mass is 297 g/mol. The zero-order valence-electron chi connectivity index (χ0n) is 10.7. The Morgan fingerprint density at radius 1 is 1.43 bits per heavy atom. The number of rotatable bonds is 4. The zero-order chi connectivity index (χ0) is 15.6. The molecule has 0 aliphatic rings. The molecule has 0 aliphatic carbocycles. The van der Waals surface area contributed by atoms with Crippen LogP contribution in [0.5, 0.6) is 0 Å². The first-order valence-electron chi connectivity index (χ1n) is 5.64. The van der Waals surface area contributed by atoms with Gasteiger partial charge in [-0.3, -0.25) is 19.6 Å². The van der Waals surface area contributed by atoms with Crippen LogP contribution >= 0.6 is 0 Å². The number of amides is 1. The number of benzene rings is 1. The van der Waals surface area contributed by atoms with E-state index in [2.05, 4.69) is 15.4 Å². The number of nitro benzene ring substituents is 1. The molecule has 0 spiro atoms. The second-order valence-electron chi connectivity index (χ2n) is 4.06. The lowest BCUT2D eigenvalue weighted by atomic mass is 10.1. The Kier molecular flexibility index (Phi) is 3.87. The zero-order valence-corrected chi connectivity index (χ0v) is 10.7. The molecule has 10 heteroatoms. The number of nitro groups is 1. The summed E-state index contributed by atoms with van der Waals surface area (Å²) in [5.74, 6) is -3.39. The normalized spacial score (nSPS) is 10.4. The second kappa shape index (κ2) is 5.61. The van der Waals surface area contributed by atoms with Crippen LogP contribution in [-0.4, -0.2) is 25.6 Å². The fourth-order valence-electron chi connectivity index (χ4n) is 1.59. The van der Waals surface area contributed by atoms with Gasteiger partial charge in [-0.15, -0.1) is 0 Å². The molecule has 2 rings (SSSR count). The van der Waals surface area contributed by atoms with E-state index in [0.717, 1.165) is 0 Å². The Morgan fingerprint density at radius 3 is 2.67 bits per heavy atom. The Balaban J connectivity index is 2.22. The van der Waals surface area contributed by atoms with Gasteiger partial charge in [-0.2, -0.15) is 5.10 Å². The summed E-state index contributed by atoms with van der Waals surface area (Å²) >= 11 is 0. The average molecular weight is 297 g/mol. The van der Waals surface area contributed by atoms with Gasteiger partial charge in [0.05, 0.1) is 17.5 Å². The van der Waals surface area contributed by atoms with Gasteiger partial charge in [-0.1, -0.05) is 0 Å². The maximum atomic E-state index is 13.1. The number of nitrogens with zero attached hydrogens (tertiary/aromatic N) is 4. The van der Waals surface area contributed by atoms with Crippen LogP contribution in [0.1, 0.15) is 16.2 Å². The molecular formula is C11H9F2N5O3. The summed E-state index contributed by atoms with van der Waals surface area (Å²) in [6.45, 7) is -0.101. The highest BCUT2D eigenvalue weighted by Crippen LogP contribution is 2.22. The van der Waals surface area contributed by atoms with E-state index in [9.17, 15) is 23.7 Å². The molecule has 0 saturated heterocycles. The summed E-state index contributed by atoms with van der Waals surface area (Å²) in [6, 6.07) is 0.845. The fourth-order valence-corrected chi connectivity index (χ4v) is 1.59. The number of aryl methyl sites for hydroxylation is 1. The summed E-state index contributed by atoms with van der Waals surface area (Å²) in [7, 11) is 1.62. The molecule has 110 valence electrons. The van der Waals surface area contributed by atoms with Crippen molar-refractivity contribution < 1.29 is 18.5 Å². The number of carbonyl (C=O) groups excluding carboxylic acids is 1. The Labute approximate surface area is 116 Å². The molecule has 0 radical (unpaired) electrons. The first-order valence-corrected chi connectivity index (χ1v) is 5.64. The number of halogens is 2. The summed E-state index contributed by atoms with van der Waals surface area (Å²) in [4.78, 5) is 25.5. The van der Waals surface area contributed by atoms with Crippen LogP contribution in [0.2, 0.25) is 0 Å². The lowest BCUT2D eigenvalue weighted by molar-refractivity contribution is -0.385. The van der Waals surface area contributed by atoms with E-state index in [4.69, 9.17) is 0 Å². The van der Waals surface area contributed by atoms with Gasteiger partial charge in [0.2, 0.25) is 0 Å². The van der Waals surface area contributed by atoms with Crippen LogP contribution in [0.25, 0.3) is 0 Å². The summed E-state index contributed by atoms with van der Waals surface area (Å²) in [6.07, 6.45) is 1.40. The van der Waals surface area contributed by atoms with Crippen LogP contribution in [0.3, 0.4) is 0 Å². The molecule has 2 aromatic rings. The van der Waals surface area contributed by atoms with E-state index < -0.39 is 33.7 Å². The number of hydrogen-bond acceptors (Lipinski definition) is 5. The lowest BCUT2D eigenvalue weighted by Crippen LogP contribution is -2.24. The van der Waals surface area contributed by atoms with Crippen LogP contribution in [-0.2, 0) is 13.6 Å². The first-order chi connectivity index (χ1) is 9.88. The maximum absolute atomic E-state index is 13.1. The highest BCUT2D eigenvalue weighted by Gasteiger charge is 2.23. The first kappa shape index (κ1) is 14.5. The maximum Gasteiger partial charge on any atom is 0.285 e. The minimum absolute atomic E-state index is 0.101. The largest absolute Gasteiger partial charge is 0.344 e. The molecular weight excluding hydrogens is 288 g/mol. The van der Waals surface area contributed by atoms with E-state index in [-0.39, 0.29) is 12.4 Å². The van der Waals surface area contributed by atoms with Gasteiger partial charge in [0.25, 0.3) is 11.6 Å². The molecule has 1 amide bonds. The van der Waals surface area contributed by atoms with Gasteiger partial charge < -0.3 is 5.32 Å². The van der Waals surface area contributed by atoms with Gasteiger partial charge in [-0.25, -0.2) is 13.8 Å². The molecule has 1 aromatic carbocycles. The number of aromatic nitrogens is 3. The SMILES string of the molecule is Cn1cnc(CNC(=O)c2cc(F)c(F)cc2[N+](=O)[O-])n1. The Bertz CT molecular complexity index is 716. The predicted octanol–water partition coefficient (Wildman–Crippen LogP) is 0.931. The minimum Gasteiger partial charge on any atom is -0.344 e. The van der Waals surface area contributed by atoms with Crippen molar-refractivity contribution in [2.45, 2.75) is 6.54 Å². The van der Waals surface area contributed by atoms with Crippen LogP contribution in [0, 0.1) is 21.7 Å². The van der Waals surface area contributed by atoms with E-state index in [0.29, 0.717) is 12.1 Å². The van der Waals surface area contributed by atoms with Crippen molar-refractivity contribution in [2.75, 3.05) is 0 Å². The van der Waals surface area contributed by atoms with Crippen molar-refractivity contribution in [3.63, 3.8) is 0 Å². The van der Waals surface area contributed by atoms with E-state index >= 15 is 0 Å². The molecule has 0 aliphatic heterocycles. The van der Waals surface area contributed by atoms with Crippen molar-refractivity contribution >= 4 is 11.6 Å². The Hall–Kier alpha value is -2.91. The molecule has 0 saturated carbocycles. The van der Waals surface area contributed by atoms with E-state index in [1.165, 1.54) is 11.0 Å². The van der Waals surface area contributed by atoms with Gasteiger partial charge in [0, 0.05) is 7.05 Å². The highest BCUT2D eigenvalue weighted by molar-refractivity contribution is 5.98. The Morgan fingerprint density at radius 2 is 2.10 bits per heavy atom. The van der Waals surface area contributed by atoms with Gasteiger partial charge in [-0.05, 0) is 6.07 Å². The van der Waals surface area contributed by atoms with E-state index in [1.54, 1.807) is 7.05 Å². The highest BCUT2D eigenvalue weighted by atomic mass is 19.2. The third kappa shape index (κ3) is 3.16. The van der Waals surface area contributed by atoms with Crippen LogP contribution < -0.4 is 5.32 Å². The molecule has 0 bridgehead atoms. The summed E-state index contributed by atoms with van der Waals surface area (Å²) < 4.78 is 27.6. The lowest BCUT2D eigenvalue weighted by Gasteiger charge is -2.04. The van der Waals surface area contributed by atoms with Crippen molar-refractivity contribution in [3.8, 4) is 0 Å². The summed E-state index contributed by atoms with van der Waals surface area (Å²) in [5.41, 5.74) is -1.39. The van der Waals surface area contributed by atoms with Gasteiger partial charge in [0.1, 0.15) is 11.9 Å². The average Bonchev–Trinajstić information content (AvgIpc) is 2.84. The number of hydrogen-bond donors (Lipinski definition) is 1. The van der Waals surface area contributed by atoms with Crippen molar-refractivity contribution in [2.24, 2.45) is 7.05 Å². The standard InChI is InChI=1S/C11H9F2N5O3/c1-17-5-15-10(16-17)4-14-11(19)6-2-7(12)8(13)3-9(6)18(20)21/h2-3,5H,4H2,1H3,(H,14,19). The van der Waals surface area contributed by atoms with Crippen LogP contribution in [0.4, 0.5) is 14.5 Å². The number of carbonyl (C=O) groups is 1. The van der Waals surface area contributed by atoms with Crippen LogP contribution in [0.15, 0.2) is 18.5 Å². The molecule has 1 aromatic heterocycles. The summed E-state index contributed by atoms with van der Waals surface area (Å²) in [5, 5.41) is 17.0. The third-order valence-corrected chi connectivity index (χ3v) is 2.53. The molecule has 1 heterocycles. The topological polar surface area (TPSA) is 103 Å². The number of nitrogens with one attached hydrogen (secondary N) is 1. The van der Waals surface area contributed by atoms with Gasteiger partial charge >= 0.3 is 0 Å². The molecule has 1 N–H and O–H groups in total. The van der Waals surface area contributed by atoms with Crippen molar-refractivity contribution in [1.82, 2.24) is 20.1 Å². The fraction of sp³-hybridized carbons (Fsp3) is 0.182. The third-order valence-electron chi connectivity index (χ3n) is 2.53. The molecule has 0 atom stereocenters. The van der Waals surface area contributed by atoms with Crippen molar-refractivity contribution in [3.05, 3.63) is 51.6 Å². The van der Waals surface area contributed by atoms with E-state index in [1.807, 2.05) is 0 Å². The van der Waals surface area contributed by atoms with Crippen molar-refractivity contribution in [1.29, 1.82) is 0 Å². The predicted molar refractivity (Wildman–Crippen MR) is 65.2 cm³/mol. The molecule has 8 nitrogen and oxygen atoms in total. The van der Waals surface area contributed by atoms with Gasteiger partial charge in [0.15, 0.2) is 17.5 Å². The quantitative estimate of drug-likeness (QED) is 0.668.